The maximum absolute atomic E-state index is 11.6. The fraction of sp³-hybridized carbons (Fsp3) is 0.562. The number of fused-ring (bicyclic) bond motifs is 1. The smallest absolute Gasteiger partial charge is 0.224 e. The van der Waals surface area contributed by atoms with Crippen LogP contribution in [0.3, 0.4) is 0 Å². The largest absolute Gasteiger partial charge is 0.490 e. The molecule has 0 aromatic heterocycles. The van der Waals surface area contributed by atoms with Crippen molar-refractivity contribution in [2.45, 2.75) is 45.3 Å². The Morgan fingerprint density at radius 3 is 2.95 bits per heavy atom. The number of aliphatic hydroxyl groups excluding tert-OH is 1. The molecule has 0 bridgehead atoms. The van der Waals surface area contributed by atoms with Crippen molar-refractivity contribution < 1.29 is 14.6 Å². The van der Waals surface area contributed by atoms with Crippen molar-refractivity contribution in [1.82, 2.24) is 5.32 Å². The molecule has 21 heavy (non-hydrogen) atoms. The summed E-state index contributed by atoms with van der Waals surface area (Å²) in [6, 6.07) is 5.97. The van der Waals surface area contributed by atoms with Crippen molar-refractivity contribution in [3.63, 3.8) is 0 Å². The van der Waals surface area contributed by atoms with Crippen LogP contribution in [0.4, 0.5) is 5.69 Å². The quantitative estimate of drug-likeness (QED) is 0.746. The van der Waals surface area contributed by atoms with Crippen LogP contribution >= 0.6 is 0 Å². The highest BCUT2D eigenvalue weighted by molar-refractivity contribution is 5.92. The van der Waals surface area contributed by atoms with Gasteiger partial charge < -0.3 is 20.5 Å². The summed E-state index contributed by atoms with van der Waals surface area (Å²) in [4.78, 5) is 11.6. The van der Waals surface area contributed by atoms with E-state index >= 15 is 0 Å². The summed E-state index contributed by atoms with van der Waals surface area (Å²) in [5, 5.41) is 16.0. The summed E-state index contributed by atoms with van der Waals surface area (Å²) in [6.07, 6.45) is 1.61. The van der Waals surface area contributed by atoms with Gasteiger partial charge in [-0.3, -0.25) is 4.79 Å². The van der Waals surface area contributed by atoms with Crippen LogP contribution < -0.4 is 15.4 Å². The Bertz CT molecular complexity index is 488. The molecular formula is C16H24N2O3. The zero-order valence-corrected chi connectivity index (χ0v) is 12.7. The molecule has 2 rings (SSSR count). The highest BCUT2D eigenvalue weighted by atomic mass is 16.5. The Morgan fingerprint density at radius 2 is 2.19 bits per heavy atom. The van der Waals surface area contributed by atoms with Crippen molar-refractivity contribution in [2.75, 3.05) is 18.5 Å². The monoisotopic (exact) mass is 292 g/mol. The minimum Gasteiger partial charge on any atom is -0.490 e. The first-order valence-electron chi connectivity index (χ1n) is 7.52. The fourth-order valence-electron chi connectivity index (χ4n) is 2.33. The third-order valence-corrected chi connectivity index (χ3v) is 3.43. The second kappa shape index (κ2) is 7.43. The number of carbonyl (C=O) groups is 1. The van der Waals surface area contributed by atoms with Gasteiger partial charge in [0.25, 0.3) is 0 Å². The minimum atomic E-state index is -0.552. The van der Waals surface area contributed by atoms with Gasteiger partial charge in [0.1, 0.15) is 18.5 Å². The van der Waals surface area contributed by atoms with E-state index in [1.165, 1.54) is 0 Å². The maximum atomic E-state index is 11.6. The third kappa shape index (κ3) is 4.72. The summed E-state index contributed by atoms with van der Waals surface area (Å²) in [5.41, 5.74) is 1.84. The molecule has 1 aromatic rings. The molecule has 0 saturated carbocycles. The molecule has 3 N–H and O–H groups in total. The van der Waals surface area contributed by atoms with Crippen LogP contribution in [0.1, 0.15) is 32.3 Å². The molecule has 0 spiro atoms. The molecule has 1 amide bonds. The Kier molecular flexibility index (Phi) is 5.59. The molecule has 1 heterocycles. The van der Waals surface area contributed by atoms with E-state index < -0.39 is 6.10 Å². The molecule has 0 fully saturated rings. The van der Waals surface area contributed by atoms with Gasteiger partial charge in [-0.15, -0.1) is 0 Å². The second-order valence-electron chi connectivity index (χ2n) is 5.71. The van der Waals surface area contributed by atoms with Crippen molar-refractivity contribution in [2.24, 2.45) is 0 Å². The van der Waals surface area contributed by atoms with Crippen LogP contribution in [-0.2, 0) is 11.2 Å². The van der Waals surface area contributed by atoms with Gasteiger partial charge in [-0.05, 0) is 25.0 Å². The van der Waals surface area contributed by atoms with Crippen LogP contribution in [0.2, 0.25) is 0 Å². The lowest BCUT2D eigenvalue weighted by molar-refractivity contribution is -0.116. The average molecular weight is 292 g/mol. The normalized spacial score (nSPS) is 16.1. The lowest BCUT2D eigenvalue weighted by Crippen LogP contribution is -2.35. The molecule has 5 heteroatoms. The van der Waals surface area contributed by atoms with E-state index in [0.29, 0.717) is 19.0 Å². The summed E-state index contributed by atoms with van der Waals surface area (Å²) in [5.74, 6) is 0.797. The van der Waals surface area contributed by atoms with Crippen LogP contribution in [0.5, 0.6) is 5.75 Å². The Hall–Kier alpha value is -1.59. The lowest BCUT2D eigenvalue weighted by atomic mass is 10.1. The number of hydrogen-bond acceptors (Lipinski definition) is 4. The molecule has 5 nitrogen and oxygen atoms in total. The number of carbonyl (C=O) groups excluding carboxylic acids is 1. The molecular weight excluding hydrogens is 268 g/mol. The highest BCUT2D eigenvalue weighted by Crippen LogP contribution is 2.30. The molecule has 1 aliphatic heterocycles. The Morgan fingerprint density at radius 1 is 1.38 bits per heavy atom. The maximum Gasteiger partial charge on any atom is 0.224 e. The topological polar surface area (TPSA) is 70.6 Å². The van der Waals surface area contributed by atoms with Gasteiger partial charge in [-0.2, -0.15) is 0 Å². The van der Waals surface area contributed by atoms with Crippen LogP contribution in [0.15, 0.2) is 18.2 Å². The van der Waals surface area contributed by atoms with Gasteiger partial charge in [0.15, 0.2) is 0 Å². The predicted molar refractivity (Wildman–Crippen MR) is 82.7 cm³/mol. The molecule has 1 aromatic carbocycles. The van der Waals surface area contributed by atoms with E-state index in [1.807, 2.05) is 32.0 Å². The van der Waals surface area contributed by atoms with Crippen LogP contribution in [-0.4, -0.2) is 36.3 Å². The number of rotatable bonds is 6. The molecule has 1 aliphatic rings. The van der Waals surface area contributed by atoms with Gasteiger partial charge in [0.05, 0.1) is 0 Å². The molecule has 1 unspecified atom stereocenters. The number of benzene rings is 1. The number of aliphatic hydroxyl groups is 1. The van der Waals surface area contributed by atoms with E-state index in [-0.39, 0.29) is 12.5 Å². The first-order valence-corrected chi connectivity index (χ1v) is 7.52. The SMILES string of the molecule is CC(C)NCC(O)COc1cccc2c1CCCC(=O)N2. The zero-order chi connectivity index (χ0) is 15.2. The van der Waals surface area contributed by atoms with Crippen molar-refractivity contribution in [1.29, 1.82) is 0 Å². The molecule has 0 aliphatic carbocycles. The zero-order valence-electron chi connectivity index (χ0n) is 12.7. The van der Waals surface area contributed by atoms with Gasteiger partial charge in [-0.25, -0.2) is 0 Å². The lowest BCUT2D eigenvalue weighted by Gasteiger charge is -2.17. The van der Waals surface area contributed by atoms with Gasteiger partial charge in [-0.1, -0.05) is 19.9 Å². The number of ether oxygens (including phenoxy) is 1. The van der Waals surface area contributed by atoms with Crippen LogP contribution in [0, 0.1) is 0 Å². The van der Waals surface area contributed by atoms with E-state index in [4.69, 9.17) is 4.74 Å². The summed E-state index contributed by atoms with van der Waals surface area (Å²) >= 11 is 0. The first kappa shape index (κ1) is 15.8. The van der Waals surface area contributed by atoms with Crippen LogP contribution in [0.25, 0.3) is 0 Å². The van der Waals surface area contributed by atoms with Crippen molar-refractivity contribution in [3.8, 4) is 5.75 Å². The predicted octanol–water partition coefficient (Wildman–Crippen LogP) is 1.70. The standard InChI is InChI=1S/C16H24N2O3/c1-11(2)17-9-12(19)10-21-15-7-4-6-14-13(15)5-3-8-16(20)18-14/h4,6-7,11-12,17,19H,3,5,8-10H2,1-2H3,(H,18,20). The van der Waals surface area contributed by atoms with E-state index in [2.05, 4.69) is 10.6 Å². The molecule has 1 atom stereocenters. The summed E-state index contributed by atoms with van der Waals surface area (Å²) in [7, 11) is 0. The van der Waals surface area contributed by atoms with E-state index in [9.17, 15) is 9.90 Å². The third-order valence-electron chi connectivity index (χ3n) is 3.43. The van der Waals surface area contributed by atoms with Gasteiger partial charge in [0, 0.05) is 30.3 Å². The van der Waals surface area contributed by atoms with E-state index in [0.717, 1.165) is 29.8 Å². The molecule has 0 radical (unpaired) electrons. The van der Waals surface area contributed by atoms with Gasteiger partial charge >= 0.3 is 0 Å². The Balaban J connectivity index is 1.98. The van der Waals surface area contributed by atoms with Gasteiger partial charge in [0.2, 0.25) is 5.91 Å². The first-order chi connectivity index (χ1) is 10.1. The Labute approximate surface area is 125 Å². The highest BCUT2D eigenvalue weighted by Gasteiger charge is 2.17. The average Bonchev–Trinajstić information content (AvgIpc) is 2.63. The summed E-state index contributed by atoms with van der Waals surface area (Å²) < 4.78 is 5.75. The number of anilines is 1. The minimum absolute atomic E-state index is 0.0482. The number of hydrogen-bond donors (Lipinski definition) is 3. The summed E-state index contributed by atoms with van der Waals surface area (Å²) in [6.45, 7) is 4.81. The fourth-order valence-corrected chi connectivity index (χ4v) is 2.33. The van der Waals surface area contributed by atoms with E-state index in [1.54, 1.807) is 0 Å². The van der Waals surface area contributed by atoms with Crippen molar-refractivity contribution in [3.05, 3.63) is 23.8 Å². The number of nitrogens with one attached hydrogen (secondary N) is 2. The second-order valence-corrected chi connectivity index (χ2v) is 5.71. The molecule has 116 valence electrons. The number of amides is 1. The van der Waals surface area contributed by atoms with Crippen molar-refractivity contribution >= 4 is 11.6 Å². The molecule has 0 saturated heterocycles.